The minimum atomic E-state index is -3.42. The molecule has 2 aliphatic heterocycles. The van der Waals surface area contributed by atoms with Crippen LogP contribution in [0.15, 0.2) is 29.2 Å². The number of nitrogens with zero attached hydrogens (tertiary/aromatic N) is 2. The second-order valence-corrected chi connectivity index (χ2v) is 10.5. The van der Waals surface area contributed by atoms with Crippen LogP contribution in [0.5, 0.6) is 0 Å². The molecule has 26 heavy (non-hydrogen) atoms. The van der Waals surface area contributed by atoms with Crippen LogP contribution in [0.2, 0.25) is 0 Å². The van der Waals surface area contributed by atoms with E-state index < -0.39 is 10.0 Å². The lowest BCUT2D eigenvalue weighted by Gasteiger charge is -2.35. The van der Waals surface area contributed by atoms with Crippen LogP contribution in [0, 0.1) is 0 Å². The van der Waals surface area contributed by atoms with Crippen LogP contribution >= 0.6 is 11.8 Å². The van der Waals surface area contributed by atoms with Gasteiger partial charge in [0.25, 0.3) is 0 Å². The maximum atomic E-state index is 13.4. The number of benzene rings is 1. The van der Waals surface area contributed by atoms with Crippen molar-refractivity contribution in [3.8, 4) is 0 Å². The molecule has 0 bridgehead atoms. The van der Waals surface area contributed by atoms with Gasteiger partial charge in [0, 0.05) is 24.9 Å². The van der Waals surface area contributed by atoms with Gasteiger partial charge in [0.1, 0.15) is 0 Å². The molecule has 2 fully saturated rings. The molecule has 1 aromatic carbocycles. The molecule has 1 unspecified atom stereocenters. The van der Waals surface area contributed by atoms with Crippen molar-refractivity contribution >= 4 is 21.8 Å². The summed E-state index contributed by atoms with van der Waals surface area (Å²) in [6.07, 6.45) is 6.80. The average Bonchev–Trinajstić information content (AvgIpc) is 2.89. The van der Waals surface area contributed by atoms with Gasteiger partial charge < -0.3 is 4.90 Å². The lowest BCUT2D eigenvalue weighted by Crippen LogP contribution is -2.49. The highest BCUT2D eigenvalue weighted by Crippen LogP contribution is 2.26. The summed E-state index contributed by atoms with van der Waals surface area (Å²) in [6.45, 7) is 5.89. The zero-order valence-electron chi connectivity index (χ0n) is 15.9. The molecule has 0 radical (unpaired) electrons. The standard InChI is InChI=1S/C20H32N2O2S2/c1-2-7-18-8-10-20(11-9-18)26(23,24)22-14-6-15-25-17-19(22)16-21-12-4-3-5-13-21/h8-11,19H,2-7,12-17H2,1H3. The van der Waals surface area contributed by atoms with Crippen LogP contribution in [0.4, 0.5) is 0 Å². The van der Waals surface area contributed by atoms with E-state index in [1.807, 2.05) is 23.9 Å². The molecular weight excluding hydrogens is 364 g/mol. The Balaban J connectivity index is 1.78. The molecule has 0 saturated carbocycles. The van der Waals surface area contributed by atoms with Crippen LogP contribution in [0.25, 0.3) is 0 Å². The maximum absolute atomic E-state index is 13.4. The zero-order valence-corrected chi connectivity index (χ0v) is 17.5. The SMILES string of the molecule is CCCc1ccc(S(=O)(=O)N2CCCSCC2CN2CCCCC2)cc1. The number of hydrogen-bond donors (Lipinski definition) is 0. The maximum Gasteiger partial charge on any atom is 0.243 e. The first-order valence-corrected chi connectivity index (χ1v) is 12.6. The van der Waals surface area contributed by atoms with Gasteiger partial charge in [-0.1, -0.05) is 31.9 Å². The molecule has 1 atom stereocenters. The van der Waals surface area contributed by atoms with Crippen LogP contribution in [0.1, 0.15) is 44.6 Å². The highest BCUT2D eigenvalue weighted by Gasteiger charge is 2.33. The van der Waals surface area contributed by atoms with Gasteiger partial charge in [-0.15, -0.1) is 0 Å². The van der Waals surface area contributed by atoms with E-state index in [1.54, 1.807) is 16.4 Å². The van der Waals surface area contributed by atoms with Crippen molar-refractivity contribution in [2.75, 3.05) is 37.7 Å². The number of aryl methyl sites for hydroxylation is 1. The molecule has 1 aromatic rings. The van der Waals surface area contributed by atoms with E-state index >= 15 is 0 Å². The molecule has 6 heteroatoms. The second-order valence-electron chi connectivity index (χ2n) is 7.45. The first-order valence-electron chi connectivity index (χ1n) is 10.0. The number of piperidine rings is 1. The van der Waals surface area contributed by atoms with Crippen molar-refractivity contribution < 1.29 is 8.42 Å². The van der Waals surface area contributed by atoms with Crippen LogP contribution in [0.3, 0.4) is 0 Å². The van der Waals surface area contributed by atoms with E-state index in [-0.39, 0.29) is 6.04 Å². The summed E-state index contributed by atoms with van der Waals surface area (Å²) >= 11 is 1.90. The fourth-order valence-electron chi connectivity index (χ4n) is 3.96. The molecule has 0 aromatic heterocycles. The fraction of sp³-hybridized carbons (Fsp3) is 0.700. The third kappa shape index (κ3) is 5.03. The molecule has 2 heterocycles. The Hall–Kier alpha value is -0.560. The lowest BCUT2D eigenvalue weighted by molar-refractivity contribution is 0.183. The van der Waals surface area contributed by atoms with Gasteiger partial charge in [-0.05, 0) is 62.2 Å². The van der Waals surface area contributed by atoms with E-state index in [0.717, 1.165) is 50.4 Å². The molecule has 0 spiro atoms. The topological polar surface area (TPSA) is 40.6 Å². The van der Waals surface area contributed by atoms with Crippen LogP contribution in [-0.2, 0) is 16.4 Å². The molecule has 0 aliphatic carbocycles. The molecule has 2 aliphatic rings. The van der Waals surface area contributed by atoms with Crippen molar-refractivity contribution in [1.29, 1.82) is 0 Å². The first kappa shape index (κ1) is 20.2. The minimum Gasteiger partial charge on any atom is -0.302 e. The average molecular weight is 397 g/mol. The van der Waals surface area contributed by atoms with Gasteiger partial charge in [-0.2, -0.15) is 16.1 Å². The third-order valence-electron chi connectivity index (χ3n) is 5.37. The molecule has 146 valence electrons. The normalized spacial score (nSPS) is 23.7. The van der Waals surface area contributed by atoms with E-state index in [9.17, 15) is 8.42 Å². The van der Waals surface area contributed by atoms with E-state index in [1.165, 1.54) is 24.8 Å². The zero-order chi connectivity index (χ0) is 18.4. The van der Waals surface area contributed by atoms with Crippen LogP contribution in [-0.4, -0.2) is 61.3 Å². The van der Waals surface area contributed by atoms with Gasteiger partial charge in [0.05, 0.1) is 4.90 Å². The summed E-state index contributed by atoms with van der Waals surface area (Å²) < 4.78 is 28.5. The predicted molar refractivity (Wildman–Crippen MR) is 110 cm³/mol. The summed E-state index contributed by atoms with van der Waals surface area (Å²) in [5.74, 6) is 1.96. The highest BCUT2D eigenvalue weighted by atomic mass is 32.2. The summed E-state index contributed by atoms with van der Waals surface area (Å²) in [5, 5.41) is 0. The van der Waals surface area contributed by atoms with Crippen molar-refractivity contribution in [3.63, 3.8) is 0 Å². The van der Waals surface area contributed by atoms with E-state index in [0.29, 0.717) is 11.4 Å². The monoisotopic (exact) mass is 396 g/mol. The summed E-state index contributed by atoms with van der Waals surface area (Å²) in [4.78, 5) is 2.92. The second kappa shape index (κ2) is 9.58. The van der Waals surface area contributed by atoms with Crippen molar-refractivity contribution in [3.05, 3.63) is 29.8 Å². The minimum absolute atomic E-state index is 0.0842. The molecule has 0 N–H and O–H groups in total. The highest BCUT2D eigenvalue weighted by molar-refractivity contribution is 7.99. The Bertz CT molecular complexity index is 655. The Morgan fingerprint density at radius 2 is 1.77 bits per heavy atom. The lowest BCUT2D eigenvalue weighted by atomic mass is 10.1. The first-order chi connectivity index (χ1) is 12.6. The number of thioether (sulfide) groups is 1. The quantitative estimate of drug-likeness (QED) is 0.736. The number of likely N-dealkylation sites (tertiary alicyclic amines) is 1. The Morgan fingerprint density at radius 3 is 2.46 bits per heavy atom. The van der Waals surface area contributed by atoms with E-state index in [2.05, 4.69) is 11.8 Å². The van der Waals surface area contributed by atoms with Gasteiger partial charge >= 0.3 is 0 Å². The van der Waals surface area contributed by atoms with Gasteiger partial charge in [0.15, 0.2) is 0 Å². The Labute approximate surface area is 163 Å². The van der Waals surface area contributed by atoms with Gasteiger partial charge in [0.2, 0.25) is 10.0 Å². The smallest absolute Gasteiger partial charge is 0.243 e. The number of hydrogen-bond acceptors (Lipinski definition) is 4. The largest absolute Gasteiger partial charge is 0.302 e. The summed E-state index contributed by atoms with van der Waals surface area (Å²) in [6, 6.07) is 7.64. The molecule has 2 saturated heterocycles. The fourth-order valence-corrected chi connectivity index (χ4v) is 6.77. The van der Waals surface area contributed by atoms with Gasteiger partial charge in [-0.3, -0.25) is 0 Å². The predicted octanol–water partition coefficient (Wildman–Crippen LogP) is 3.62. The number of rotatable bonds is 6. The van der Waals surface area contributed by atoms with Crippen molar-refractivity contribution in [1.82, 2.24) is 9.21 Å². The van der Waals surface area contributed by atoms with Crippen molar-refractivity contribution in [2.24, 2.45) is 0 Å². The molecule has 0 amide bonds. The van der Waals surface area contributed by atoms with Crippen LogP contribution < -0.4 is 0 Å². The van der Waals surface area contributed by atoms with E-state index in [4.69, 9.17) is 0 Å². The Kier molecular flexibility index (Phi) is 7.44. The molecule has 3 rings (SSSR count). The Morgan fingerprint density at radius 1 is 1.04 bits per heavy atom. The number of sulfonamides is 1. The summed E-state index contributed by atoms with van der Waals surface area (Å²) in [7, 11) is -3.42. The third-order valence-corrected chi connectivity index (χ3v) is 8.53. The molecule has 4 nitrogen and oxygen atoms in total. The van der Waals surface area contributed by atoms with Gasteiger partial charge in [-0.25, -0.2) is 8.42 Å². The van der Waals surface area contributed by atoms with Crippen molar-refractivity contribution in [2.45, 2.75) is 56.4 Å². The summed E-state index contributed by atoms with van der Waals surface area (Å²) in [5.41, 5.74) is 1.21. The molecular formula is C20H32N2O2S2.